The van der Waals surface area contributed by atoms with E-state index >= 15 is 0 Å². The van der Waals surface area contributed by atoms with E-state index in [2.05, 4.69) is 23.5 Å². The van der Waals surface area contributed by atoms with Gasteiger partial charge in [0.15, 0.2) is 0 Å². The van der Waals surface area contributed by atoms with Crippen molar-refractivity contribution in [2.75, 3.05) is 5.75 Å². The first-order chi connectivity index (χ1) is 8.15. The van der Waals surface area contributed by atoms with Gasteiger partial charge in [-0.05, 0) is 49.6 Å². The third kappa shape index (κ3) is 3.50. The van der Waals surface area contributed by atoms with Crippen LogP contribution in [0.4, 0.5) is 0 Å². The van der Waals surface area contributed by atoms with Crippen LogP contribution in [0.5, 0.6) is 0 Å². The summed E-state index contributed by atoms with van der Waals surface area (Å²) in [7, 11) is 0. The van der Waals surface area contributed by atoms with Crippen molar-refractivity contribution in [1.29, 1.82) is 0 Å². The quantitative estimate of drug-likeness (QED) is 0.892. The van der Waals surface area contributed by atoms with Crippen LogP contribution in [-0.2, 0) is 17.6 Å². The summed E-state index contributed by atoms with van der Waals surface area (Å²) < 4.78 is 0. The zero-order valence-corrected chi connectivity index (χ0v) is 11.3. The SMILES string of the molecule is CC(C)NC(=O)Cc1ccc2c(c1)CCCS2. The Hall–Kier alpha value is -0.960. The van der Waals surface area contributed by atoms with Crippen molar-refractivity contribution in [2.24, 2.45) is 0 Å². The normalized spacial score (nSPS) is 14.5. The number of carbonyl (C=O) groups excluding carboxylic acids is 1. The van der Waals surface area contributed by atoms with Crippen LogP contribution in [-0.4, -0.2) is 17.7 Å². The zero-order chi connectivity index (χ0) is 12.3. The fourth-order valence-corrected chi connectivity index (χ4v) is 3.10. The van der Waals surface area contributed by atoms with Gasteiger partial charge in [0, 0.05) is 10.9 Å². The highest BCUT2D eigenvalue weighted by molar-refractivity contribution is 7.99. The van der Waals surface area contributed by atoms with E-state index in [-0.39, 0.29) is 11.9 Å². The lowest BCUT2D eigenvalue weighted by Crippen LogP contribution is -2.31. The van der Waals surface area contributed by atoms with E-state index in [1.54, 1.807) is 0 Å². The van der Waals surface area contributed by atoms with Crippen LogP contribution >= 0.6 is 11.8 Å². The molecule has 2 rings (SSSR count). The molecular weight excluding hydrogens is 230 g/mol. The summed E-state index contributed by atoms with van der Waals surface area (Å²) in [5.41, 5.74) is 2.54. The molecule has 1 amide bonds. The van der Waals surface area contributed by atoms with Crippen molar-refractivity contribution in [3.63, 3.8) is 0 Å². The van der Waals surface area contributed by atoms with Crippen LogP contribution in [0.1, 0.15) is 31.4 Å². The minimum atomic E-state index is 0.114. The summed E-state index contributed by atoms with van der Waals surface area (Å²) >= 11 is 1.93. The van der Waals surface area contributed by atoms with Gasteiger partial charge in [0.05, 0.1) is 6.42 Å². The Morgan fingerprint density at radius 2 is 2.29 bits per heavy atom. The number of fused-ring (bicyclic) bond motifs is 1. The number of thioether (sulfide) groups is 1. The van der Waals surface area contributed by atoms with Crippen LogP contribution < -0.4 is 5.32 Å². The van der Waals surface area contributed by atoms with Crippen LogP contribution in [0.25, 0.3) is 0 Å². The molecule has 1 aromatic rings. The number of hydrogen-bond donors (Lipinski definition) is 1. The second-order valence-corrected chi connectivity index (χ2v) is 5.93. The number of carbonyl (C=O) groups is 1. The largest absolute Gasteiger partial charge is 0.354 e. The fraction of sp³-hybridized carbons (Fsp3) is 0.500. The van der Waals surface area contributed by atoms with E-state index in [9.17, 15) is 4.79 Å². The van der Waals surface area contributed by atoms with Gasteiger partial charge >= 0.3 is 0 Å². The first kappa shape index (κ1) is 12.5. The van der Waals surface area contributed by atoms with Crippen LogP contribution in [0, 0.1) is 0 Å². The Morgan fingerprint density at radius 3 is 3.06 bits per heavy atom. The molecule has 1 aliphatic heterocycles. The van der Waals surface area contributed by atoms with Crippen molar-refractivity contribution in [3.05, 3.63) is 29.3 Å². The molecule has 0 bridgehead atoms. The Morgan fingerprint density at radius 1 is 1.47 bits per heavy atom. The lowest BCUT2D eigenvalue weighted by Gasteiger charge is -2.16. The molecule has 0 unspecified atom stereocenters. The Labute approximate surface area is 107 Å². The summed E-state index contributed by atoms with van der Waals surface area (Å²) in [5.74, 6) is 1.34. The van der Waals surface area contributed by atoms with E-state index in [1.807, 2.05) is 25.6 Å². The molecule has 1 heterocycles. The van der Waals surface area contributed by atoms with Gasteiger partial charge in [-0.2, -0.15) is 0 Å². The standard InChI is InChI=1S/C14H19NOS/c1-10(2)15-14(16)9-11-5-6-13-12(8-11)4-3-7-17-13/h5-6,8,10H,3-4,7,9H2,1-2H3,(H,15,16). The third-order valence-corrected chi connectivity index (χ3v) is 3.99. The molecular formula is C14H19NOS. The van der Waals surface area contributed by atoms with Gasteiger partial charge in [-0.3, -0.25) is 4.79 Å². The smallest absolute Gasteiger partial charge is 0.224 e. The zero-order valence-electron chi connectivity index (χ0n) is 10.5. The second kappa shape index (κ2) is 5.58. The predicted molar refractivity (Wildman–Crippen MR) is 72.5 cm³/mol. The van der Waals surface area contributed by atoms with E-state index in [0.717, 1.165) is 12.0 Å². The number of nitrogens with one attached hydrogen (secondary N) is 1. The molecule has 0 saturated carbocycles. The Kier molecular flexibility index (Phi) is 4.11. The predicted octanol–water partition coefficient (Wildman–Crippen LogP) is 2.79. The lowest BCUT2D eigenvalue weighted by molar-refractivity contribution is -0.120. The first-order valence-corrected chi connectivity index (χ1v) is 7.17. The third-order valence-electron chi connectivity index (χ3n) is 2.79. The Balaban J connectivity index is 2.04. The van der Waals surface area contributed by atoms with Crippen molar-refractivity contribution < 1.29 is 4.79 Å². The number of aryl methyl sites for hydroxylation is 1. The van der Waals surface area contributed by atoms with Gasteiger partial charge in [0.25, 0.3) is 0 Å². The molecule has 0 aliphatic carbocycles. The minimum absolute atomic E-state index is 0.114. The average molecular weight is 249 g/mol. The molecule has 1 aromatic carbocycles. The average Bonchev–Trinajstić information content (AvgIpc) is 2.27. The molecule has 0 saturated heterocycles. The summed E-state index contributed by atoms with van der Waals surface area (Å²) in [6.45, 7) is 3.97. The maximum Gasteiger partial charge on any atom is 0.224 e. The highest BCUT2D eigenvalue weighted by Gasteiger charge is 2.11. The minimum Gasteiger partial charge on any atom is -0.354 e. The summed E-state index contributed by atoms with van der Waals surface area (Å²) in [6, 6.07) is 6.66. The molecule has 1 aliphatic rings. The molecule has 92 valence electrons. The molecule has 0 spiro atoms. The maximum atomic E-state index is 11.7. The Bertz CT molecular complexity index is 415. The molecule has 0 aromatic heterocycles. The topological polar surface area (TPSA) is 29.1 Å². The maximum absolute atomic E-state index is 11.7. The highest BCUT2D eigenvalue weighted by atomic mass is 32.2. The first-order valence-electron chi connectivity index (χ1n) is 6.19. The number of hydrogen-bond acceptors (Lipinski definition) is 2. The summed E-state index contributed by atoms with van der Waals surface area (Å²) in [6.07, 6.45) is 2.90. The molecule has 0 fully saturated rings. The van der Waals surface area contributed by atoms with Gasteiger partial charge in [-0.25, -0.2) is 0 Å². The summed E-state index contributed by atoms with van der Waals surface area (Å²) in [5, 5.41) is 2.93. The van der Waals surface area contributed by atoms with Gasteiger partial charge in [-0.1, -0.05) is 12.1 Å². The van der Waals surface area contributed by atoms with Crippen molar-refractivity contribution in [3.8, 4) is 0 Å². The fourth-order valence-electron chi connectivity index (χ4n) is 2.08. The van der Waals surface area contributed by atoms with E-state index in [4.69, 9.17) is 0 Å². The number of benzene rings is 1. The van der Waals surface area contributed by atoms with Crippen LogP contribution in [0.15, 0.2) is 23.1 Å². The van der Waals surface area contributed by atoms with Crippen molar-refractivity contribution in [2.45, 2.75) is 44.0 Å². The van der Waals surface area contributed by atoms with E-state index < -0.39 is 0 Å². The molecule has 17 heavy (non-hydrogen) atoms. The van der Waals surface area contributed by atoms with Gasteiger partial charge < -0.3 is 5.32 Å². The molecule has 2 nitrogen and oxygen atoms in total. The van der Waals surface area contributed by atoms with Crippen molar-refractivity contribution >= 4 is 17.7 Å². The molecule has 0 radical (unpaired) electrons. The highest BCUT2D eigenvalue weighted by Crippen LogP contribution is 2.30. The van der Waals surface area contributed by atoms with E-state index in [0.29, 0.717) is 6.42 Å². The van der Waals surface area contributed by atoms with Crippen molar-refractivity contribution in [1.82, 2.24) is 5.32 Å². The molecule has 1 N–H and O–H groups in total. The number of amides is 1. The van der Waals surface area contributed by atoms with Gasteiger partial charge in [0.1, 0.15) is 0 Å². The summed E-state index contributed by atoms with van der Waals surface area (Å²) in [4.78, 5) is 13.1. The van der Waals surface area contributed by atoms with Gasteiger partial charge in [0.2, 0.25) is 5.91 Å². The lowest BCUT2D eigenvalue weighted by atomic mass is 10.0. The number of rotatable bonds is 3. The van der Waals surface area contributed by atoms with Gasteiger partial charge in [-0.15, -0.1) is 11.8 Å². The monoisotopic (exact) mass is 249 g/mol. The van der Waals surface area contributed by atoms with Crippen LogP contribution in [0.2, 0.25) is 0 Å². The van der Waals surface area contributed by atoms with E-state index in [1.165, 1.54) is 22.6 Å². The molecule has 0 atom stereocenters. The molecule has 3 heteroatoms. The second-order valence-electron chi connectivity index (χ2n) is 4.79. The van der Waals surface area contributed by atoms with Crippen LogP contribution in [0.3, 0.4) is 0 Å².